The Morgan fingerprint density at radius 2 is 2.21 bits per heavy atom. The molecule has 1 saturated heterocycles. The van der Waals surface area contributed by atoms with Crippen molar-refractivity contribution in [1.29, 1.82) is 0 Å². The number of nitrogens with zero attached hydrogens (tertiary/aromatic N) is 1. The van der Waals surface area contributed by atoms with Gasteiger partial charge in [-0.3, -0.25) is 4.90 Å². The number of methoxy groups -OCH3 is 1. The van der Waals surface area contributed by atoms with E-state index in [2.05, 4.69) is 31.0 Å². The van der Waals surface area contributed by atoms with Crippen LogP contribution in [0.1, 0.15) is 33.6 Å². The number of ether oxygens (including phenoxy) is 2. The molecule has 0 bridgehead atoms. The second-order valence-corrected chi connectivity index (χ2v) is 6.04. The largest absolute Gasteiger partial charge is 0.383 e. The molecule has 1 fully saturated rings. The molecule has 0 radical (unpaired) electrons. The number of hydrogen-bond acceptors (Lipinski definition) is 4. The van der Waals surface area contributed by atoms with Gasteiger partial charge in [-0.15, -0.1) is 0 Å². The number of nitrogens with one attached hydrogen (secondary N) is 1. The maximum atomic E-state index is 5.68. The van der Waals surface area contributed by atoms with E-state index in [1.165, 1.54) is 12.8 Å². The maximum absolute atomic E-state index is 5.68. The van der Waals surface area contributed by atoms with Crippen LogP contribution in [0.5, 0.6) is 0 Å². The van der Waals surface area contributed by atoms with E-state index in [1.54, 1.807) is 7.11 Å². The molecule has 1 N–H and O–H groups in total. The van der Waals surface area contributed by atoms with Crippen LogP contribution in [-0.4, -0.2) is 64.1 Å². The number of hydrogen-bond donors (Lipinski definition) is 1. The summed E-state index contributed by atoms with van der Waals surface area (Å²) in [7, 11) is 1.77. The van der Waals surface area contributed by atoms with Gasteiger partial charge in [0.05, 0.1) is 13.2 Å². The highest BCUT2D eigenvalue weighted by atomic mass is 16.5. The van der Waals surface area contributed by atoms with Gasteiger partial charge in [0.15, 0.2) is 0 Å². The van der Waals surface area contributed by atoms with Gasteiger partial charge in [0.25, 0.3) is 0 Å². The van der Waals surface area contributed by atoms with Gasteiger partial charge in [-0.05, 0) is 33.2 Å². The van der Waals surface area contributed by atoms with Crippen LogP contribution >= 0.6 is 0 Å². The minimum absolute atomic E-state index is 0.285. The molecular formula is C15H32N2O2. The van der Waals surface area contributed by atoms with Crippen LogP contribution in [0.15, 0.2) is 0 Å². The van der Waals surface area contributed by atoms with Crippen LogP contribution in [0.4, 0.5) is 0 Å². The van der Waals surface area contributed by atoms with Crippen LogP contribution in [0.3, 0.4) is 0 Å². The Morgan fingerprint density at radius 1 is 1.42 bits per heavy atom. The quantitative estimate of drug-likeness (QED) is 0.614. The molecular weight excluding hydrogens is 240 g/mol. The van der Waals surface area contributed by atoms with Crippen molar-refractivity contribution in [3.63, 3.8) is 0 Å². The van der Waals surface area contributed by atoms with Crippen LogP contribution in [0.2, 0.25) is 0 Å². The summed E-state index contributed by atoms with van der Waals surface area (Å²) < 4.78 is 10.9. The molecule has 0 amide bonds. The maximum Gasteiger partial charge on any atom is 0.0589 e. The van der Waals surface area contributed by atoms with Crippen LogP contribution in [-0.2, 0) is 9.47 Å². The normalized spacial score (nSPS) is 23.7. The SMILES string of the molecule is CCCNCC1(CN(CCOC)C(C)C)CCOC1. The molecule has 0 aromatic rings. The van der Waals surface area contributed by atoms with E-state index in [1.807, 2.05) is 0 Å². The minimum atomic E-state index is 0.285. The summed E-state index contributed by atoms with van der Waals surface area (Å²) in [5, 5.41) is 3.58. The first-order chi connectivity index (χ1) is 9.13. The zero-order chi connectivity index (χ0) is 14.1. The third kappa shape index (κ3) is 5.78. The first-order valence-electron chi connectivity index (χ1n) is 7.65. The summed E-state index contributed by atoms with van der Waals surface area (Å²) in [6.45, 7) is 13.6. The van der Waals surface area contributed by atoms with Crippen molar-refractivity contribution >= 4 is 0 Å². The zero-order valence-corrected chi connectivity index (χ0v) is 13.2. The van der Waals surface area contributed by atoms with Gasteiger partial charge in [-0.2, -0.15) is 0 Å². The van der Waals surface area contributed by atoms with Crippen molar-refractivity contribution in [2.24, 2.45) is 5.41 Å². The van der Waals surface area contributed by atoms with Gasteiger partial charge in [0, 0.05) is 44.8 Å². The highest BCUT2D eigenvalue weighted by Gasteiger charge is 2.36. The van der Waals surface area contributed by atoms with Crippen molar-refractivity contribution in [3.8, 4) is 0 Å². The van der Waals surface area contributed by atoms with E-state index in [4.69, 9.17) is 9.47 Å². The molecule has 4 nitrogen and oxygen atoms in total. The molecule has 4 heteroatoms. The monoisotopic (exact) mass is 272 g/mol. The lowest BCUT2D eigenvalue weighted by molar-refractivity contribution is 0.0708. The summed E-state index contributed by atoms with van der Waals surface area (Å²) in [6.07, 6.45) is 2.36. The highest BCUT2D eigenvalue weighted by Crippen LogP contribution is 2.29. The molecule has 114 valence electrons. The lowest BCUT2D eigenvalue weighted by Gasteiger charge is -2.36. The van der Waals surface area contributed by atoms with Gasteiger partial charge in [-0.25, -0.2) is 0 Å². The molecule has 0 spiro atoms. The van der Waals surface area contributed by atoms with E-state index < -0.39 is 0 Å². The molecule has 1 rings (SSSR count). The van der Waals surface area contributed by atoms with E-state index in [0.717, 1.165) is 46.0 Å². The van der Waals surface area contributed by atoms with Crippen molar-refractivity contribution in [3.05, 3.63) is 0 Å². The summed E-state index contributed by atoms with van der Waals surface area (Å²) >= 11 is 0. The van der Waals surface area contributed by atoms with E-state index in [-0.39, 0.29) is 5.41 Å². The Morgan fingerprint density at radius 3 is 2.74 bits per heavy atom. The smallest absolute Gasteiger partial charge is 0.0589 e. The van der Waals surface area contributed by atoms with Gasteiger partial charge in [0.2, 0.25) is 0 Å². The summed E-state index contributed by atoms with van der Waals surface area (Å²) in [4.78, 5) is 2.52. The number of rotatable bonds is 10. The van der Waals surface area contributed by atoms with Crippen molar-refractivity contribution in [2.45, 2.75) is 39.7 Å². The van der Waals surface area contributed by atoms with E-state index in [9.17, 15) is 0 Å². The Labute approximate surface area is 118 Å². The fraction of sp³-hybridized carbons (Fsp3) is 1.00. The fourth-order valence-corrected chi connectivity index (χ4v) is 2.66. The van der Waals surface area contributed by atoms with Gasteiger partial charge >= 0.3 is 0 Å². The van der Waals surface area contributed by atoms with E-state index >= 15 is 0 Å². The molecule has 19 heavy (non-hydrogen) atoms. The third-order valence-corrected chi connectivity index (χ3v) is 3.96. The standard InChI is InChI=1S/C15H32N2O2/c1-5-7-16-11-15(6-9-19-13-15)12-17(14(2)3)8-10-18-4/h14,16H,5-13H2,1-4H3. The van der Waals surface area contributed by atoms with E-state index in [0.29, 0.717) is 6.04 Å². The second kappa shape index (κ2) is 8.90. The minimum Gasteiger partial charge on any atom is -0.383 e. The fourth-order valence-electron chi connectivity index (χ4n) is 2.66. The lowest BCUT2D eigenvalue weighted by Crippen LogP contribution is -2.48. The Hall–Kier alpha value is -0.160. The third-order valence-electron chi connectivity index (χ3n) is 3.96. The van der Waals surface area contributed by atoms with Crippen LogP contribution < -0.4 is 5.32 Å². The van der Waals surface area contributed by atoms with Gasteiger partial charge < -0.3 is 14.8 Å². The predicted molar refractivity (Wildman–Crippen MR) is 79.6 cm³/mol. The lowest BCUT2D eigenvalue weighted by atomic mass is 9.86. The summed E-state index contributed by atoms with van der Waals surface area (Å²) in [5.41, 5.74) is 0.285. The average molecular weight is 272 g/mol. The Kier molecular flexibility index (Phi) is 7.91. The molecule has 0 aromatic carbocycles. The van der Waals surface area contributed by atoms with Crippen molar-refractivity contribution in [1.82, 2.24) is 10.2 Å². The molecule has 1 unspecified atom stereocenters. The Bertz CT molecular complexity index is 228. The average Bonchev–Trinajstić information content (AvgIpc) is 2.83. The molecule has 1 aliphatic rings. The molecule has 1 atom stereocenters. The van der Waals surface area contributed by atoms with Crippen LogP contribution in [0.25, 0.3) is 0 Å². The second-order valence-electron chi connectivity index (χ2n) is 6.04. The van der Waals surface area contributed by atoms with Crippen molar-refractivity contribution in [2.75, 3.05) is 53.1 Å². The van der Waals surface area contributed by atoms with Gasteiger partial charge in [-0.1, -0.05) is 6.92 Å². The molecule has 0 aromatic heterocycles. The predicted octanol–water partition coefficient (Wildman–Crippen LogP) is 1.75. The molecule has 0 aliphatic carbocycles. The van der Waals surface area contributed by atoms with Crippen molar-refractivity contribution < 1.29 is 9.47 Å². The van der Waals surface area contributed by atoms with Gasteiger partial charge in [0.1, 0.15) is 0 Å². The highest BCUT2D eigenvalue weighted by molar-refractivity contribution is 4.89. The summed E-state index contributed by atoms with van der Waals surface area (Å²) in [6, 6.07) is 0.554. The molecule has 1 heterocycles. The Balaban J connectivity index is 2.53. The van der Waals surface area contributed by atoms with Crippen LogP contribution in [0, 0.1) is 5.41 Å². The first-order valence-corrected chi connectivity index (χ1v) is 7.65. The molecule has 0 saturated carbocycles. The topological polar surface area (TPSA) is 33.7 Å². The zero-order valence-electron chi connectivity index (χ0n) is 13.2. The summed E-state index contributed by atoms with van der Waals surface area (Å²) in [5.74, 6) is 0. The molecule has 1 aliphatic heterocycles. The first kappa shape index (κ1) is 16.9.